The summed E-state index contributed by atoms with van der Waals surface area (Å²) < 4.78 is 15.8. The number of nitrogens with zero attached hydrogens (tertiary/aromatic N) is 3. The van der Waals surface area contributed by atoms with E-state index in [1.165, 1.54) is 20.0 Å². The van der Waals surface area contributed by atoms with E-state index in [0.29, 0.717) is 29.5 Å². The van der Waals surface area contributed by atoms with Crippen LogP contribution in [0.2, 0.25) is 0 Å². The number of fused-ring (bicyclic) bond motifs is 1. The fourth-order valence-corrected chi connectivity index (χ4v) is 2.84. The van der Waals surface area contributed by atoms with Crippen molar-refractivity contribution in [3.63, 3.8) is 0 Å². The summed E-state index contributed by atoms with van der Waals surface area (Å²) in [6.45, 7) is 7.21. The molecule has 0 aliphatic rings. The van der Waals surface area contributed by atoms with Crippen LogP contribution in [0.4, 0.5) is 21.6 Å². The summed E-state index contributed by atoms with van der Waals surface area (Å²) in [7, 11) is 0. The molecular weight excluding hydrogens is 399 g/mol. The molecule has 0 spiro atoms. The van der Waals surface area contributed by atoms with Crippen LogP contribution in [0, 0.1) is 5.92 Å². The molecule has 166 valence electrons. The van der Waals surface area contributed by atoms with Crippen LogP contribution in [-0.2, 0) is 0 Å². The molecule has 3 rings (SSSR count). The van der Waals surface area contributed by atoms with E-state index in [-0.39, 0.29) is 6.54 Å². The van der Waals surface area contributed by atoms with Crippen LogP contribution in [0.25, 0.3) is 5.52 Å². The van der Waals surface area contributed by atoms with Gasteiger partial charge in [0.2, 0.25) is 0 Å². The Morgan fingerprint density at radius 2 is 2.03 bits per heavy atom. The third-order valence-corrected chi connectivity index (χ3v) is 4.73. The van der Waals surface area contributed by atoms with E-state index in [9.17, 15) is 14.3 Å². The number of hydrogen-bond acceptors (Lipinski definition) is 6. The van der Waals surface area contributed by atoms with Crippen molar-refractivity contribution in [3.05, 3.63) is 48.4 Å². The number of carbonyl (C=O) groups excluding carboxylic acids is 1. The largest absolute Gasteiger partial charge is 0.387 e. The Balaban J connectivity index is 1.79. The summed E-state index contributed by atoms with van der Waals surface area (Å²) >= 11 is 0. The highest BCUT2D eigenvalue weighted by Gasteiger charge is 2.27. The summed E-state index contributed by atoms with van der Waals surface area (Å²) in [4.78, 5) is 17.0. The number of alkyl halides is 1. The molecule has 31 heavy (non-hydrogen) atoms. The summed E-state index contributed by atoms with van der Waals surface area (Å²) in [5.41, 5.74) is 1.13. The summed E-state index contributed by atoms with van der Waals surface area (Å²) in [5.74, 6) is 0.458. The van der Waals surface area contributed by atoms with Crippen LogP contribution in [-0.4, -0.2) is 50.5 Å². The average Bonchev–Trinajstić information content (AvgIpc) is 3.17. The number of halogens is 1. The SMILES string of the molecule is CC(C)CNc1cc(Nc2ccn3nccc3c2)ncc1C(=O)NC[C@@H](F)C(C)(C)O. The van der Waals surface area contributed by atoms with Crippen LogP contribution in [0.15, 0.2) is 42.9 Å². The Labute approximate surface area is 180 Å². The van der Waals surface area contributed by atoms with Gasteiger partial charge in [-0.15, -0.1) is 0 Å². The van der Waals surface area contributed by atoms with Gasteiger partial charge in [-0.25, -0.2) is 13.9 Å². The van der Waals surface area contributed by atoms with Gasteiger partial charge in [-0.2, -0.15) is 5.10 Å². The molecule has 1 atom stereocenters. The van der Waals surface area contributed by atoms with Crippen molar-refractivity contribution in [1.29, 1.82) is 0 Å². The zero-order chi connectivity index (χ0) is 22.6. The molecule has 3 aromatic rings. The standard InChI is InChI=1S/C22H29FN6O2/c1-14(2)11-24-18-10-20(28-15-6-8-29-16(9-15)5-7-27-29)25-12-17(18)21(30)26-13-19(23)22(3,4)31/h5-10,12,14,19,31H,11,13H2,1-4H3,(H,26,30)(H2,24,25,28)/t19-/m1/s1. The average molecular weight is 429 g/mol. The lowest BCUT2D eigenvalue weighted by Gasteiger charge is -2.22. The maximum absolute atomic E-state index is 14.0. The van der Waals surface area contributed by atoms with Crippen LogP contribution >= 0.6 is 0 Å². The van der Waals surface area contributed by atoms with E-state index < -0.39 is 17.7 Å². The Kier molecular flexibility index (Phi) is 6.74. The zero-order valence-electron chi connectivity index (χ0n) is 18.2. The maximum Gasteiger partial charge on any atom is 0.255 e. The van der Waals surface area contributed by atoms with Gasteiger partial charge in [0, 0.05) is 36.9 Å². The minimum atomic E-state index is -1.59. The molecule has 0 bridgehead atoms. The molecule has 0 fully saturated rings. The van der Waals surface area contributed by atoms with Crippen LogP contribution in [0.5, 0.6) is 0 Å². The zero-order valence-corrected chi connectivity index (χ0v) is 18.2. The molecular formula is C22H29FN6O2. The van der Waals surface area contributed by atoms with Crippen molar-refractivity contribution in [2.75, 3.05) is 23.7 Å². The fraction of sp³-hybridized carbons (Fsp3) is 0.409. The number of hydrogen-bond donors (Lipinski definition) is 4. The third-order valence-electron chi connectivity index (χ3n) is 4.73. The maximum atomic E-state index is 14.0. The Bertz CT molecular complexity index is 1040. The first-order valence-corrected chi connectivity index (χ1v) is 10.2. The normalized spacial score (nSPS) is 12.7. The van der Waals surface area contributed by atoms with Crippen LogP contribution in [0.1, 0.15) is 38.1 Å². The molecule has 3 aromatic heterocycles. The van der Waals surface area contributed by atoms with Gasteiger partial charge in [-0.05, 0) is 38.0 Å². The second-order valence-electron chi connectivity index (χ2n) is 8.46. The smallest absolute Gasteiger partial charge is 0.255 e. The number of pyridine rings is 2. The van der Waals surface area contributed by atoms with E-state index in [1.54, 1.807) is 16.8 Å². The number of anilines is 3. The van der Waals surface area contributed by atoms with Crippen molar-refractivity contribution in [3.8, 4) is 0 Å². The minimum Gasteiger partial charge on any atom is -0.387 e. The van der Waals surface area contributed by atoms with Gasteiger partial charge >= 0.3 is 0 Å². The molecule has 4 N–H and O–H groups in total. The molecule has 8 nitrogen and oxygen atoms in total. The lowest BCUT2D eigenvalue weighted by molar-refractivity contribution is -0.00177. The Hall–Kier alpha value is -3.20. The lowest BCUT2D eigenvalue weighted by Crippen LogP contribution is -2.42. The van der Waals surface area contributed by atoms with Crippen molar-refractivity contribution in [1.82, 2.24) is 19.9 Å². The monoisotopic (exact) mass is 428 g/mol. The third kappa shape index (κ3) is 5.91. The van der Waals surface area contributed by atoms with Gasteiger partial charge in [-0.1, -0.05) is 13.8 Å². The van der Waals surface area contributed by atoms with Crippen LogP contribution < -0.4 is 16.0 Å². The first-order valence-electron chi connectivity index (χ1n) is 10.2. The first kappa shape index (κ1) is 22.5. The Morgan fingerprint density at radius 1 is 1.26 bits per heavy atom. The predicted molar refractivity (Wildman–Crippen MR) is 120 cm³/mol. The number of nitrogens with one attached hydrogen (secondary N) is 3. The molecule has 0 unspecified atom stereocenters. The summed E-state index contributed by atoms with van der Waals surface area (Å²) in [5, 5.41) is 22.9. The number of rotatable bonds is 9. The molecule has 0 saturated heterocycles. The van der Waals surface area contributed by atoms with E-state index in [1.807, 2.05) is 24.4 Å². The molecule has 1 amide bonds. The quantitative estimate of drug-likeness (QED) is 0.417. The van der Waals surface area contributed by atoms with Crippen molar-refractivity contribution >= 4 is 28.6 Å². The molecule has 0 aliphatic heterocycles. The first-order chi connectivity index (χ1) is 14.6. The summed E-state index contributed by atoms with van der Waals surface area (Å²) in [6, 6.07) is 7.46. The second-order valence-corrected chi connectivity index (χ2v) is 8.46. The van der Waals surface area contributed by atoms with Gasteiger partial charge in [-0.3, -0.25) is 4.79 Å². The topological polar surface area (TPSA) is 104 Å². The molecule has 0 aliphatic carbocycles. The van der Waals surface area contributed by atoms with E-state index >= 15 is 0 Å². The van der Waals surface area contributed by atoms with Gasteiger partial charge in [0.15, 0.2) is 0 Å². The Morgan fingerprint density at radius 3 is 2.74 bits per heavy atom. The lowest BCUT2D eigenvalue weighted by atomic mass is 10.0. The number of aromatic nitrogens is 3. The highest BCUT2D eigenvalue weighted by atomic mass is 19.1. The molecule has 9 heteroatoms. The number of carbonyl (C=O) groups is 1. The molecule has 3 heterocycles. The van der Waals surface area contributed by atoms with E-state index in [4.69, 9.17) is 0 Å². The van der Waals surface area contributed by atoms with Crippen LogP contribution in [0.3, 0.4) is 0 Å². The highest BCUT2D eigenvalue weighted by molar-refractivity contribution is 5.99. The highest BCUT2D eigenvalue weighted by Crippen LogP contribution is 2.23. The van der Waals surface area contributed by atoms with Gasteiger partial charge in [0.05, 0.1) is 28.9 Å². The molecule has 0 saturated carbocycles. The van der Waals surface area contributed by atoms with Gasteiger partial charge in [0.25, 0.3) is 5.91 Å². The molecule has 0 radical (unpaired) electrons. The van der Waals surface area contributed by atoms with Crippen molar-refractivity contribution < 1.29 is 14.3 Å². The van der Waals surface area contributed by atoms with E-state index in [0.717, 1.165) is 11.2 Å². The summed E-state index contributed by atoms with van der Waals surface area (Å²) in [6.07, 6.45) is 3.43. The number of aliphatic hydroxyl groups is 1. The molecule has 0 aromatic carbocycles. The van der Waals surface area contributed by atoms with Gasteiger partial charge < -0.3 is 21.1 Å². The number of amides is 1. The van der Waals surface area contributed by atoms with Crippen molar-refractivity contribution in [2.24, 2.45) is 5.92 Å². The minimum absolute atomic E-state index is 0.294. The predicted octanol–water partition coefficient (Wildman–Crippen LogP) is 3.38. The fourth-order valence-electron chi connectivity index (χ4n) is 2.84. The second kappa shape index (κ2) is 9.30. The van der Waals surface area contributed by atoms with Gasteiger partial charge in [0.1, 0.15) is 12.0 Å². The van der Waals surface area contributed by atoms with Crippen molar-refractivity contribution in [2.45, 2.75) is 39.5 Å². The van der Waals surface area contributed by atoms with E-state index in [2.05, 4.69) is 39.9 Å².